The topological polar surface area (TPSA) is 29.4 Å². The van der Waals surface area contributed by atoms with Gasteiger partial charge in [0.1, 0.15) is 0 Å². The highest BCUT2D eigenvalue weighted by atomic mass is 16.1. The number of hydrogen-bond acceptors (Lipinski definition) is 2. The Morgan fingerprint density at radius 2 is 1.53 bits per heavy atom. The van der Waals surface area contributed by atoms with E-state index in [2.05, 4.69) is 18.5 Å². The maximum absolute atomic E-state index is 9.11. The first kappa shape index (κ1) is 18.5. The highest BCUT2D eigenvalue weighted by molar-refractivity contribution is 5.32. The standard InChI is InChI=1S/C12H24.C3H5NO/c1-3-5-7-9-11-12-10-8-6-4-2;1-2-4-3-5/h3H,1,4-12H2,2H3;2H2,1H3. The second-order valence-corrected chi connectivity index (χ2v) is 4.12. The zero-order valence-corrected chi connectivity index (χ0v) is 11.7. The van der Waals surface area contributed by atoms with Gasteiger partial charge >= 0.3 is 0 Å². The van der Waals surface area contributed by atoms with Gasteiger partial charge in [0, 0.05) is 6.54 Å². The predicted octanol–water partition coefficient (Wildman–Crippen LogP) is 5.05. The van der Waals surface area contributed by atoms with Gasteiger partial charge in [-0.05, 0) is 19.8 Å². The van der Waals surface area contributed by atoms with E-state index in [1.165, 1.54) is 63.9 Å². The maximum Gasteiger partial charge on any atom is 0.234 e. The van der Waals surface area contributed by atoms with Crippen molar-refractivity contribution in [1.29, 1.82) is 0 Å². The highest BCUT2D eigenvalue weighted by Crippen LogP contribution is 2.09. The lowest BCUT2D eigenvalue weighted by atomic mass is 10.1. The van der Waals surface area contributed by atoms with Crippen LogP contribution in [-0.4, -0.2) is 12.6 Å². The Balaban J connectivity index is 0. The van der Waals surface area contributed by atoms with E-state index in [1.807, 2.05) is 6.08 Å². The molecule has 0 aromatic heterocycles. The molecule has 0 bridgehead atoms. The van der Waals surface area contributed by atoms with Crippen molar-refractivity contribution in [3.63, 3.8) is 0 Å². The number of hydrogen-bond donors (Lipinski definition) is 0. The van der Waals surface area contributed by atoms with Crippen molar-refractivity contribution in [1.82, 2.24) is 0 Å². The molecule has 0 aliphatic heterocycles. The largest absolute Gasteiger partial charge is 0.234 e. The fourth-order valence-electron chi connectivity index (χ4n) is 1.49. The molecule has 0 rings (SSSR count). The molecule has 0 aromatic carbocycles. The number of unbranched alkanes of at least 4 members (excludes halogenated alkanes) is 8. The number of nitrogens with zero attached hydrogens (tertiary/aromatic N) is 1. The van der Waals surface area contributed by atoms with Gasteiger partial charge in [-0.15, -0.1) is 6.58 Å². The van der Waals surface area contributed by atoms with Crippen molar-refractivity contribution in [3.05, 3.63) is 12.7 Å². The lowest BCUT2D eigenvalue weighted by Crippen LogP contribution is -1.79. The van der Waals surface area contributed by atoms with E-state index in [1.54, 1.807) is 6.92 Å². The average Bonchev–Trinajstić information content (AvgIpc) is 2.34. The molecule has 0 heterocycles. The van der Waals surface area contributed by atoms with Crippen LogP contribution in [0.3, 0.4) is 0 Å². The molecule has 0 aromatic rings. The minimum absolute atomic E-state index is 0.545. The summed E-state index contributed by atoms with van der Waals surface area (Å²) in [4.78, 5) is 12.3. The lowest BCUT2D eigenvalue weighted by molar-refractivity contribution is 0.563. The van der Waals surface area contributed by atoms with Crippen LogP contribution in [0, 0.1) is 0 Å². The minimum atomic E-state index is 0.545. The number of allylic oxidation sites excluding steroid dienone is 1. The summed E-state index contributed by atoms with van der Waals surface area (Å²) in [6.45, 7) is 8.31. The van der Waals surface area contributed by atoms with Gasteiger partial charge < -0.3 is 0 Å². The Hall–Kier alpha value is -0.880. The van der Waals surface area contributed by atoms with Gasteiger partial charge in [0.05, 0.1) is 0 Å². The Bertz CT molecular complexity index is 183. The number of isocyanates is 1. The summed E-state index contributed by atoms with van der Waals surface area (Å²) in [7, 11) is 0. The summed E-state index contributed by atoms with van der Waals surface area (Å²) >= 11 is 0. The van der Waals surface area contributed by atoms with Gasteiger partial charge in [-0.2, -0.15) is 0 Å². The molecule has 2 nitrogen and oxygen atoms in total. The van der Waals surface area contributed by atoms with E-state index in [0.29, 0.717) is 6.54 Å². The van der Waals surface area contributed by atoms with Crippen LogP contribution in [0.15, 0.2) is 17.6 Å². The van der Waals surface area contributed by atoms with Crippen molar-refractivity contribution >= 4 is 6.08 Å². The summed E-state index contributed by atoms with van der Waals surface area (Å²) in [5.74, 6) is 0. The van der Waals surface area contributed by atoms with E-state index in [0.717, 1.165) is 0 Å². The third kappa shape index (κ3) is 25.4. The van der Waals surface area contributed by atoms with Crippen molar-refractivity contribution in [2.45, 2.75) is 71.6 Å². The highest BCUT2D eigenvalue weighted by Gasteiger charge is 1.89. The SMILES string of the molecule is C=CCCCCCCCCCC.CCN=C=O. The molecule has 0 atom stereocenters. The van der Waals surface area contributed by atoms with Crippen LogP contribution in [0.1, 0.15) is 71.6 Å². The monoisotopic (exact) mass is 239 g/mol. The average molecular weight is 239 g/mol. The lowest BCUT2D eigenvalue weighted by Gasteiger charge is -1.99. The second kappa shape index (κ2) is 20.5. The molecule has 100 valence electrons. The van der Waals surface area contributed by atoms with Gasteiger partial charge in [-0.3, -0.25) is 0 Å². The summed E-state index contributed by atoms with van der Waals surface area (Å²) < 4.78 is 0. The summed E-state index contributed by atoms with van der Waals surface area (Å²) in [5.41, 5.74) is 0. The van der Waals surface area contributed by atoms with Crippen LogP contribution in [0.2, 0.25) is 0 Å². The van der Waals surface area contributed by atoms with Crippen molar-refractivity contribution in [2.75, 3.05) is 6.54 Å². The molecule has 0 aliphatic rings. The number of rotatable bonds is 10. The molecule has 0 amide bonds. The third-order valence-electron chi connectivity index (χ3n) is 2.48. The molecular formula is C15H29NO. The molecule has 17 heavy (non-hydrogen) atoms. The first-order valence-corrected chi connectivity index (χ1v) is 6.97. The van der Waals surface area contributed by atoms with Crippen LogP contribution < -0.4 is 0 Å². The van der Waals surface area contributed by atoms with Crippen molar-refractivity contribution in [3.8, 4) is 0 Å². The van der Waals surface area contributed by atoms with Crippen LogP contribution in [0.5, 0.6) is 0 Å². The fraction of sp³-hybridized carbons (Fsp3) is 0.800. The molecule has 0 fully saturated rings. The summed E-state index contributed by atoms with van der Waals surface area (Å²) in [5, 5.41) is 0. The normalized spacial score (nSPS) is 8.82. The number of carbonyl (C=O) groups excluding carboxylic acids is 1. The van der Waals surface area contributed by atoms with Gasteiger partial charge in [0.25, 0.3) is 0 Å². The van der Waals surface area contributed by atoms with E-state index in [9.17, 15) is 0 Å². The maximum atomic E-state index is 9.11. The Morgan fingerprint density at radius 1 is 1.00 bits per heavy atom. The molecule has 0 unspecified atom stereocenters. The van der Waals surface area contributed by atoms with E-state index in [4.69, 9.17) is 4.79 Å². The van der Waals surface area contributed by atoms with Gasteiger partial charge in [0.2, 0.25) is 6.08 Å². The van der Waals surface area contributed by atoms with E-state index < -0.39 is 0 Å². The van der Waals surface area contributed by atoms with Crippen LogP contribution in [-0.2, 0) is 4.79 Å². The zero-order chi connectivity index (χ0) is 13.2. The molecule has 0 spiro atoms. The van der Waals surface area contributed by atoms with Gasteiger partial charge in [0.15, 0.2) is 0 Å². The third-order valence-corrected chi connectivity index (χ3v) is 2.48. The van der Waals surface area contributed by atoms with Crippen LogP contribution >= 0.6 is 0 Å². The number of aliphatic imine (C=N–C) groups is 1. The van der Waals surface area contributed by atoms with Gasteiger partial charge in [-0.1, -0.05) is 57.9 Å². The second-order valence-electron chi connectivity index (χ2n) is 4.12. The van der Waals surface area contributed by atoms with Crippen molar-refractivity contribution in [2.24, 2.45) is 4.99 Å². The first-order valence-electron chi connectivity index (χ1n) is 6.97. The molecule has 2 heteroatoms. The Kier molecular flexibility index (Phi) is 22.3. The van der Waals surface area contributed by atoms with Crippen molar-refractivity contribution < 1.29 is 4.79 Å². The quantitative estimate of drug-likeness (QED) is 0.227. The van der Waals surface area contributed by atoms with Crippen LogP contribution in [0.4, 0.5) is 0 Å². The first-order chi connectivity index (χ1) is 8.33. The zero-order valence-electron chi connectivity index (χ0n) is 11.7. The molecule has 0 radical (unpaired) electrons. The fourth-order valence-corrected chi connectivity index (χ4v) is 1.49. The predicted molar refractivity (Wildman–Crippen MR) is 76.1 cm³/mol. The summed E-state index contributed by atoms with van der Waals surface area (Å²) in [6.07, 6.45) is 15.9. The molecule has 0 aliphatic carbocycles. The molecule has 0 N–H and O–H groups in total. The van der Waals surface area contributed by atoms with Crippen LogP contribution in [0.25, 0.3) is 0 Å². The van der Waals surface area contributed by atoms with E-state index >= 15 is 0 Å². The molecular weight excluding hydrogens is 210 g/mol. The molecule has 0 saturated carbocycles. The Morgan fingerprint density at radius 3 is 1.88 bits per heavy atom. The molecule has 0 saturated heterocycles. The Labute approximate surface area is 107 Å². The smallest absolute Gasteiger partial charge is 0.211 e. The summed E-state index contributed by atoms with van der Waals surface area (Å²) in [6, 6.07) is 0. The van der Waals surface area contributed by atoms with E-state index in [-0.39, 0.29) is 0 Å². The minimum Gasteiger partial charge on any atom is -0.211 e. The van der Waals surface area contributed by atoms with Gasteiger partial charge in [-0.25, -0.2) is 9.79 Å².